The van der Waals surface area contributed by atoms with Crippen molar-refractivity contribution in [2.45, 2.75) is 38.3 Å². The van der Waals surface area contributed by atoms with E-state index in [-0.39, 0.29) is 24.4 Å². The molecule has 3 aliphatic rings. The number of aryl methyl sites for hydroxylation is 1. The number of urea groups is 1. The summed E-state index contributed by atoms with van der Waals surface area (Å²) in [5, 5.41) is 5.86. The van der Waals surface area contributed by atoms with E-state index in [0.29, 0.717) is 37.6 Å². The summed E-state index contributed by atoms with van der Waals surface area (Å²) in [6, 6.07) is 12.4. The molecule has 2 aromatic carbocycles. The van der Waals surface area contributed by atoms with Gasteiger partial charge in [-0.25, -0.2) is 4.79 Å². The van der Waals surface area contributed by atoms with Crippen LogP contribution < -0.4 is 20.1 Å². The largest absolute Gasteiger partial charge is 0.486 e. The molecule has 8 heteroatoms. The van der Waals surface area contributed by atoms with E-state index in [2.05, 4.69) is 10.6 Å². The van der Waals surface area contributed by atoms with Gasteiger partial charge in [-0.15, -0.1) is 0 Å². The van der Waals surface area contributed by atoms with E-state index in [0.717, 1.165) is 21.6 Å². The topological polar surface area (TPSA) is 97.0 Å². The normalized spacial score (nSPS) is 21.8. The van der Waals surface area contributed by atoms with Crippen LogP contribution in [0.4, 0.5) is 4.79 Å². The average molecular weight is 450 g/mol. The Morgan fingerprint density at radius 3 is 2.67 bits per heavy atom. The Bertz CT molecular complexity index is 1130. The number of ether oxygens (including phenoxy) is 2. The van der Waals surface area contributed by atoms with E-state index in [4.69, 9.17) is 9.47 Å². The number of imide groups is 1. The number of hydrogen-bond donors (Lipinski definition) is 2. The van der Waals surface area contributed by atoms with Gasteiger partial charge in [0.2, 0.25) is 5.91 Å². The second kappa shape index (κ2) is 8.10. The predicted molar refractivity (Wildman–Crippen MR) is 120 cm³/mol. The fraction of sp³-hybridized carbons (Fsp3) is 0.400. The molecule has 1 fully saturated rings. The number of amides is 4. The third-order valence-electron chi connectivity index (χ3n) is 6.63. The monoisotopic (exact) mass is 449 g/mol. The molecule has 2 aromatic rings. The Hall–Kier alpha value is -3.55. The highest BCUT2D eigenvalue weighted by Gasteiger charge is 2.55. The van der Waals surface area contributed by atoms with Crippen molar-refractivity contribution >= 4 is 17.8 Å². The molecule has 172 valence electrons. The standard InChI is InChI=1S/C25H27N3O5/c1-15(2)22(17-7-8-19-20(13-17)33-12-11-32-19)26-21(29)14-28-23(30)25(27-24(28)31)10-9-16-5-3-4-6-18(16)25/h3-8,13,15,22H,9-12,14H2,1-2H3,(H,26,29)(H,27,31)/t22-,25+/m1/s1. The van der Waals surface area contributed by atoms with Crippen molar-refractivity contribution in [3.8, 4) is 11.5 Å². The van der Waals surface area contributed by atoms with Gasteiger partial charge < -0.3 is 20.1 Å². The molecule has 5 rings (SSSR count). The maximum Gasteiger partial charge on any atom is 0.325 e. The van der Waals surface area contributed by atoms with E-state index in [1.165, 1.54) is 0 Å². The lowest BCUT2D eigenvalue weighted by Crippen LogP contribution is -2.44. The molecular formula is C25H27N3O5. The van der Waals surface area contributed by atoms with Crippen LogP contribution in [0.2, 0.25) is 0 Å². The Morgan fingerprint density at radius 2 is 1.88 bits per heavy atom. The van der Waals surface area contributed by atoms with Crippen molar-refractivity contribution in [2.24, 2.45) is 5.92 Å². The molecule has 2 atom stereocenters. The van der Waals surface area contributed by atoms with Crippen LogP contribution in [0, 0.1) is 5.92 Å². The number of rotatable bonds is 5. The average Bonchev–Trinajstić information content (AvgIpc) is 3.30. The zero-order valence-corrected chi connectivity index (χ0v) is 18.7. The van der Waals surface area contributed by atoms with E-state index in [9.17, 15) is 14.4 Å². The number of hydrogen-bond acceptors (Lipinski definition) is 5. The quantitative estimate of drug-likeness (QED) is 0.684. The molecule has 0 bridgehead atoms. The number of nitrogens with zero attached hydrogens (tertiary/aromatic N) is 1. The lowest BCUT2D eigenvalue weighted by atomic mass is 9.92. The number of fused-ring (bicyclic) bond motifs is 3. The fourth-order valence-electron chi connectivity index (χ4n) is 4.98. The van der Waals surface area contributed by atoms with Crippen LogP contribution in [0.15, 0.2) is 42.5 Å². The van der Waals surface area contributed by atoms with Crippen molar-refractivity contribution in [2.75, 3.05) is 19.8 Å². The van der Waals surface area contributed by atoms with Crippen LogP contribution in [0.3, 0.4) is 0 Å². The lowest BCUT2D eigenvalue weighted by molar-refractivity contribution is -0.135. The summed E-state index contributed by atoms with van der Waals surface area (Å²) in [7, 11) is 0. The van der Waals surface area contributed by atoms with E-state index >= 15 is 0 Å². The highest BCUT2D eigenvalue weighted by Crippen LogP contribution is 2.41. The zero-order valence-electron chi connectivity index (χ0n) is 18.7. The minimum absolute atomic E-state index is 0.0765. The smallest absolute Gasteiger partial charge is 0.325 e. The maximum absolute atomic E-state index is 13.3. The molecule has 2 heterocycles. The zero-order chi connectivity index (χ0) is 23.2. The minimum Gasteiger partial charge on any atom is -0.486 e. The van der Waals surface area contributed by atoms with Gasteiger partial charge in [0.15, 0.2) is 11.5 Å². The summed E-state index contributed by atoms with van der Waals surface area (Å²) in [6.07, 6.45) is 1.21. The molecule has 8 nitrogen and oxygen atoms in total. The Balaban J connectivity index is 1.32. The van der Waals surface area contributed by atoms with Crippen LogP contribution in [0.25, 0.3) is 0 Å². The van der Waals surface area contributed by atoms with Crippen LogP contribution in [0.1, 0.15) is 43.0 Å². The number of carbonyl (C=O) groups is 3. The Kier molecular flexibility index (Phi) is 5.23. The first-order chi connectivity index (χ1) is 15.9. The second-order valence-electron chi connectivity index (χ2n) is 9.08. The summed E-state index contributed by atoms with van der Waals surface area (Å²) in [6.45, 7) is 4.66. The summed E-state index contributed by atoms with van der Waals surface area (Å²) in [5.41, 5.74) is 1.68. The van der Waals surface area contributed by atoms with Gasteiger partial charge in [-0.1, -0.05) is 44.2 Å². The number of benzene rings is 2. The van der Waals surface area contributed by atoms with E-state index < -0.39 is 17.5 Å². The first kappa shape index (κ1) is 21.3. The summed E-state index contributed by atoms with van der Waals surface area (Å²) >= 11 is 0. The van der Waals surface area contributed by atoms with Crippen molar-refractivity contribution in [3.05, 3.63) is 59.2 Å². The van der Waals surface area contributed by atoms with Crippen LogP contribution in [-0.4, -0.2) is 42.5 Å². The van der Waals surface area contributed by atoms with Gasteiger partial charge in [-0.2, -0.15) is 0 Å². The van der Waals surface area contributed by atoms with E-state index in [1.807, 2.05) is 56.3 Å². The number of carbonyl (C=O) groups excluding carboxylic acids is 3. The first-order valence-corrected chi connectivity index (χ1v) is 11.3. The molecule has 1 saturated heterocycles. The van der Waals surface area contributed by atoms with Crippen molar-refractivity contribution in [1.29, 1.82) is 0 Å². The summed E-state index contributed by atoms with van der Waals surface area (Å²) < 4.78 is 11.3. The Morgan fingerprint density at radius 1 is 1.12 bits per heavy atom. The highest BCUT2D eigenvalue weighted by atomic mass is 16.6. The minimum atomic E-state index is -1.07. The molecule has 2 N–H and O–H groups in total. The van der Waals surface area contributed by atoms with Crippen molar-refractivity contribution in [1.82, 2.24) is 15.5 Å². The molecule has 0 saturated carbocycles. The third-order valence-corrected chi connectivity index (χ3v) is 6.63. The SMILES string of the molecule is CC(C)[C@@H](NC(=O)CN1C(=O)N[C@]2(CCc3ccccc32)C1=O)c1ccc2c(c1)OCCO2. The molecular weight excluding hydrogens is 422 g/mol. The second-order valence-corrected chi connectivity index (χ2v) is 9.08. The van der Waals surface area contributed by atoms with Crippen molar-refractivity contribution in [3.63, 3.8) is 0 Å². The molecule has 2 aliphatic heterocycles. The fourth-order valence-corrected chi connectivity index (χ4v) is 4.98. The van der Waals surface area contributed by atoms with Gasteiger partial charge >= 0.3 is 6.03 Å². The van der Waals surface area contributed by atoms with Crippen LogP contribution in [-0.2, 0) is 21.5 Å². The molecule has 1 aliphatic carbocycles. The maximum atomic E-state index is 13.3. The predicted octanol–water partition coefficient (Wildman–Crippen LogP) is 2.66. The highest BCUT2D eigenvalue weighted by molar-refractivity contribution is 6.09. The molecule has 4 amide bonds. The van der Waals surface area contributed by atoms with Gasteiger partial charge in [0.25, 0.3) is 5.91 Å². The van der Waals surface area contributed by atoms with Gasteiger partial charge in [0, 0.05) is 0 Å². The van der Waals surface area contributed by atoms with Crippen LogP contribution in [0.5, 0.6) is 11.5 Å². The Labute approximate surface area is 192 Å². The molecule has 1 spiro atoms. The van der Waals surface area contributed by atoms with E-state index in [1.54, 1.807) is 0 Å². The molecule has 0 radical (unpaired) electrons. The van der Waals surface area contributed by atoms with Crippen molar-refractivity contribution < 1.29 is 23.9 Å². The van der Waals surface area contributed by atoms with Gasteiger partial charge in [0.1, 0.15) is 25.3 Å². The van der Waals surface area contributed by atoms with Gasteiger partial charge in [0.05, 0.1) is 6.04 Å². The third kappa shape index (κ3) is 3.59. The molecule has 0 unspecified atom stereocenters. The van der Waals surface area contributed by atoms with Gasteiger partial charge in [-0.3, -0.25) is 14.5 Å². The number of nitrogens with one attached hydrogen (secondary N) is 2. The molecule has 0 aromatic heterocycles. The summed E-state index contributed by atoms with van der Waals surface area (Å²) in [4.78, 5) is 40.0. The summed E-state index contributed by atoms with van der Waals surface area (Å²) in [5.74, 6) is 0.644. The lowest BCUT2D eigenvalue weighted by Gasteiger charge is -2.26. The molecule has 33 heavy (non-hydrogen) atoms. The van der Waals surface area contributed by atoms with Gasteiger partial charge in [-0.05, 0) is 47.6 Å². The first-order valence-electron chi connectivity index (χ1n) is 11.3. The van der Waals surface area contributed by atoms with Crippen LogP contribution >= 0.6 is 0 Å².